The Kier molecular flexibility index (Phi) is 6.43. The third-order valence-corrected chi connectivity index (χ3v) is 7.64. The van der Waals surface area contributed by atoms with Crippen LogP contribution in [0.5, 0.6) is 0 Å². The van der Waals surface area contributed by atoms with E-state index in [-0.39, 0.29) is 17.0 Å². The van der Waals surface area contributed by atoms with Crippen molar-refractivity contribution < 1.29 is 33.2 Å². The highest BCUT2D eigenvalue weighted by atomic mass is 32.1. The topological polar surface area (TPSA) is 131 Å². The number of aromatic nitrogens is 6. The summed E-state index contributed by atoms with van der Waals surface area (Å²) in [6.07, 6.45) is -1.06. The van der Waals surface area contributed by atoms with Gasteiger partial charge in [-0.3, -0.25) is 9.25 Å². The molecule has 0 radical (unpaired) electrons. The van der Waals surface area contributed by atoms with Crippen LogP contribution in [0.3, 0.4) is 0 Å². The number of rotatable bonds is 5. The highest BCUT2D eigenvalue weighted by Crippen LogP contribution is 2.39. The number of hydrogen-bond acceptors (Lipinski definition) is 9. The number of hydrogen-bond donors (Lipinski definition) is 3. The summed E-state index contributed by atoms with van der Waals surface area (Å²) in [6.45, 7) is 1.33. The monoisotopic (exact) mass is 558 g/mol. The van der Waals surface area contributed by atoms with Gasteiger partial charge in [-0.15, -0.1) is 21.5 Å². The lowest BCUT2D eigenvalue weighted by molar-refractivity contribution is -0.210. The molecule has 5 aromatic rings. The molecule has 0 saturated carbocycles. The summed E-state index contributed by atoms with van der Waals surface area (Å²) in [5.41, 5.74) is 1.75. The molecule has 0 unspecified atom stereocenters. The van der Waals surface area contributed by atoms with E-state index in [1.807, 2.05) is 25.1 Å². The van der Waals surface area contributed by atoms with Gasteiger partial charge in [0.2, 0.25) is 0 Å². The van der Waals surface area contributed by atoms with E-state index in [0.717, 1.165) is 27.4 Å². The summed E-state index contributed by atoms with van der Waals surface area (Å²) in [7, 11) is 0. The quantitative estimate of drug-likeness (QED) is 0.281. The van der Waals surface area contributed by atoms with Crippen molar-refractivity contribution in [1.29, 1.82) is 0 Å². The molecular weight excluding hydrogens is 537 g/mol. The van der Waals surface area contributed by atoms with E-state index < -0.39 is 54.5 Å². The molecule has 10 nitrogen and oxygen atoms in total. The molecule has 3 aromatic heterocycles. The molecule has 5 atom stereocenters. The predicted octanol–water partition coefficient (Wildman–Crippen LogP) is 2.86. The SMILES string of the molecule is Cc1nc2ccc(-n3cnnc3[C@@H]3O[C@H](CO)[C@H](O)[C@H](n4cc(-c5cc(F)c(F)c(F)c5)cn4)[C@H]3O)cc2s1. The van der Waals surface area contributed by atoms with E-state index in [2.05, 4.69) is 20.3 Å². The molecule has 1 saturated heterocycles. The lowest BCUT2D eigenvalue weighted by Crippen LogP contribution is -2.53. The fourth-order valence-electron chi connectivity index (χ4n) is 4.82. The Hall–Kier alpha value is -3.69. The molecule has 0 aliphatic carbocycles. The minimum Gasteiger partial charge on any atom is -0.394 e. The van der Waals surface area contributed by atoms with Crippen LogP contribution in [0.25, 0.3) is 27.0 Å². The number of aliphatic hydroxyl groups excluding tert-OH is 3. The standard InChI is InChI=1S/C25H21F3N6O4S/c1-11-31-17-3-2-14(6-19(17)39-11)33-10-29-32-25(33)24-23(37)21(22(36)18(9-35)38-24)34-8-13(7-30-34)12-4-15(26)20(28)16(27)5-12/h2-8,10,18,21-24,35-37H,9H2,1H3/t18-,21+,22+,23-,24-/m1/s1. The fraction of sp³-hybridized carbons (Fsp3) is 0.280. The first-order valence-electron chi connectivity index (χ1n) is 11.8. The van der Waals surface area contributed by atoms with E-state index in [4.69, 9.17) is 4.74 Å². The van der Waals surface area contributed by atoms with Crippen molar-refractivity contribution in [1.82, 2.24) is 29.5 Å². The molecule has 2 aromatic carbocycles. The maximum absolute atomic E-state index is 13.8. The number of aliphatic hydroxyl groups is 3. The third-order valence-electron chi connectivity index (χ3n) is 6.70. The van der Waals surface area contributed by atoms with E-state index >= 15 is 0 Å². The second kappa shape index (κ2) is 9.81. The normalized spacial score (nSPS) is 23.5. The first-order chi connectivity index (χ1) is 18.7. The molecule has 1 aliphatic heterocycles. The minimum atomic E-state index is -1.59. The molecule has 14 heteroatoms. The van der Waals surface area contributed by atoms with Crippen molar-refractivity contribution in [2.75, 3.05) is 6.61 Å². The van der Waals surface area contributed by atoms with Gasteiger partial charge in [0.25, 0.3) is 0 Å². The van der Waals surface area contributed by atoms with Crippen molar-refractivity contribution >= 4 is 21.6 Å². The molecule has 1 aliphatic rings. The van der Waals surface area contributed by atoms with Gasteiger partial charge in [0.15, 0.2) is 23.3 Å². The van der Waals surface area contributed by atoms with Gasteiger partial charge in [0.05, 0.1) is 28.0 Å². The van der Waals surface area contributed by atoms with Gasteiger partial charge in [-0.05, 0) is 42.8 Å². The zero-order valence-electron chi connectivity index (χ0n) is 20.2. The Bertz CT molecular complexity index is 1650. The fourth-order valence-corrected chi connectivity index (χ4v) is 5.68. The summed E-state index contributed by atoms with van der Waals surface area (Å²) >= 11 is 1.52. The Labute approximate surface area is 222 Å². The van der Waals surface area contributed by atoms with Crippen LogP contribution >= 0.6 is 11.3 Å². The van der Waals surface area contributed by atoms with Crippen LogP contribution in [0.1, 0.15) is 23.0 Å². The summed E-state index contributed by atoms with van der Waals surface area (Å²) in [6, 6.07) is 6.06. The number of thiazole rings is 1. The zero-order valence-corrected chi connectivity index (χ0v) is 21.0. The average molecular weight is 559 g/mol. The Balaban J connectivity index is 1.36. The van der Waals surface area contributed by atoms with Crippen LogP contribution in [0.2, 0.25) is 0 Å². The lowest BCUT2D eigenvalue weighted by Gasteiger charge is -2.41. The molecule has 3 N–H and O–H groups in total. The van der Waals surface area contributed by atoms with Crippen LogP contribution in [0, 0.1) is 24.4 Å². The van der Waals surface area contributed by atoms with Crippen LogP contribution in [0.15, 0.2) is 49.1 Å². The first kappa shape index (κ1) is 25.6. The molecule has 202 valence electrons. The largest absolute Gasteiger partial charge is 0.394 e. The van der Waals surface area contributed by atoms with Crippen molar-refractivity contribution in [3.63, 3.8) is 0 Å². The van der Waals surface area contributed by atoms with Crippen molar-refractivity contribution in [2.24, 2.45) is 0 Å². The Morgan fingerprint density at radius 1 is 1.05 bits per heavy atom. The molecule has 39 heavy (non-hydrogen) atoms. The predicted molar refractivity (Wildman–Crippen MR) is 133 cm³/mol. The van der Waals surface area contributed by atoms with Gasteiger partial charge in [0, 0.05) is 17.4 Å². The van der Waals surface area contributed by atoms with Crippen molar-refractivity contribution in [2.45, 2.75) is 37.4 Å². The van der Waals surface area contributed by atoms with Crippen LogP contribution < -0.4 is 0 Å². The van der Waals surface area contributed by atoms with E-state index in [0.29, 0.717) is 5.69 Å². The molecule has 1 fully saturated rings. The highest BCUT2D eigenvalue weighted by Gasteiger charge is 2.48. The van der Waals surface area contributed by atoms with Gasteiger partial charge in [-0.25, -0.2) is 18.2 Å². The molecule has 0 bridgehead atoms. The molecule has 6 rings (SSSR count). The maximum Gasteiger partial charge on any atom is 0.194 e. The number of ether oxygens (including phenoxy) is 1. The average Bonchev–Trinajstić information content (AvgIpc) is 3.66. The number of aryl methyl sites for hydroxylation is 1. The van der Waals surface area contributed by atoms with Gasteiger partial charge in [-0.2, -0.15) is 5.10 Å². The van der Waals surface area contributed by atoms with E-state index in [1.165, 1.54) is 34.7 Å². The summed E-state index contributed by atoms with van der Waals surface area (Å²) < 4.78 is 50.7. The van der Waals surface area contributed by atoms with Gasteiger partial charge in [0.1, 0.15) is 36.8 Å². The van der Waals surface area contributed by atoms with Gasteiger partial charge >= 0.3 is 0 Å². The Morgan fingerprint density at radius 2 is 1.82 bits per heavy atom. The first-order valence-corrected chi connectivity index (χ1v) is 12.7. The summed E-state index contributed by atoms with van der Waals surface area (Å²) in [5, 5.41) is 45.5. The van der Waals surface area contributed by atoms with E-state index in [1.54, 1.807) is 4.57 Å². The number of benzene rings is 2. The van der Waals surface area contributed by atoms with E-state index in [9.17, 15) is 28.5 Å². The number of fused-ring (bicyclic) bond motifs is 1. The maximum atomic E-state index is 13.8. The second-order valence-corrected chi connectivity index (χ2v) is 10.4. The molecular formula is C25H21F3N6O4S. The second-order valence-electron chi connectivity index (χ2n) is 9.16. The van der Waals surface area contributed by atoms with Crippen LogP contribution in [-0.2, 0) is 4.74 Å². The molecule has 0 amide bonds. The van der Waals surface area contributed by atoms with Gasteiger partial charge < -0.3 is 20.1 Å². The summed E-state index contributed by atoms with van der Waals surface area (Å²) in [4.78, 5) is 4.46. The van der Waals surface area contributed by atoms with Crippen molar-refractivity contribution in [3.05, 3.63) is 77.3 Å². The summed E-state index contributed by atoms with van der Waals surface area (Å²) in [5.74, 6) is -4.11. The Morgan fingerprint density at radius 3 is 2.56 bits per heavy atom. The number of nitrogens with zero attached hydrogens (tertiary/aromatic N) is 6. The lowest BCUT2D eigenvalue weighted by atomic mass is 9.92. The van der Waals surface area contributed by atoms with Crippen LogP contribution in [-0.4, -0.2) is 69.8 Å². The molecule has 4 heterocycles. The minimum absolute atomic E-state index is 0.0115. The smallest absolute Gasteiger partial charge is 0.194 e. The number of halogens is 3. The highest BCUT2D eigenvalue weighted by molar-refractivity contribution is 7.18. The van der Waals surface area contributed by atoms with Crippen molar-refractivity contribution in [3.8, 4) is 16.8 Å². The van der Waals surface area contributed by atoms with Crippen LogP contribution in [0.4, 0.5) is 13.2 Å². The van der Waals surface area contributed by atoms with Gasteiger partial charge in [-0.1, -0.05) is 0 Å². The third kappa shape index (κ3) is 4.39. The zero-order chi connectivity index (χ0) is 27.4. The molecule has 0 spiro atoms.